The summed E-state index contributed by atoms with van der Waals surface area (Å²) in [5.74, 6) is -0.641. The highest BCUT2D eigenvalue weighted by atomic mass is 32.1. The van der Waals surface area contributed by atoms with Gasteiger partial charge in [0.15, 0.2) is 0 Å². The van der Waals surface area contributed by atoms with E-state index in [-0.39, 0.29) is 17.9 Å². The molecule has 1 atom stereocenters. The Morgan fingerprint density at radius 2 is 1.93 bits per heavy atom. The highest BCUT2D eigenvalue weighted by Crippen LogP contribution is 2.44. The SMILES string of the molecule is CCOC(=O)c1c(NC(=O)c2ccc(F)cc2)sc2c1CCC(C(C)(C)C)C2. The predicted molar refractivity (Wildman–Crippen MR) is 110 cm³/mol. The van der Waals surface area contributed by atoms with Gasteiger partial charge in [0.2, 0.25) is 0 Å². The molecule has 3 rings (SSSR count). The highest BCUT2D eigenvalue weighted by molar-refractivity contribution is 7.17. The molecule has 1 aromatic heterocycles. The van der Waals surface area contributed by atoms with Gasteiger partial charge in [0, 0.05) is 10.4 Å². The zero-order valence-electron chi connectivity index (χ0n) is 16.7. The molecule has 1 N–H and O–H groups in total. The van der Waals surface area contributed by atoms with Crippen molar-refractivity contribution < 1.29 is 18.7 Å². The molecule has 0 saturated carbocycles. The largest absolute Gasteiger partial charge is 0.462 e. The molecule has 1 heterocycles. The first-order valence-electron chi connectivity index (χ1n) is 9.59. The van der Waals surface area contributed by atoms with Crippen LogP contribution >= 0.6 is 11.3 Å². The minimum absolute atomic E-state index is 0.184. The first kappa shape index (κ1) is 20.5. The summed E-state index contributed by atoms with van der Waals surface area (Å²) in [5, 5.41) is 3.37. The van der Waals surface area contributed by atoms with Gasteiger partial charge in [0.25, 0.3) is 5.91 Å². The Labute approximate surface area is 169 Å². The molecule has 1 amide bonds. The van der Waals surface area contributed by atoms with Crippen molar-refractivity contribution in [2.75, 3.05) is 11.9 Å². The number of ether oxygens (including phenoxy) is 1. The fraction of sp³-hybridized carbons (Fsp3) is 0.455. The van der Waals surface area contributed by atoms with Crippen molar-refractivity contribution in [3.63, 3.8) is 0 Å². The molecule has 1 aliphatic rings. The minimum atomic E-state index is -0.399. The first-order valence-corrected chi connectivity index (χ1v) is 10.4. The van der Waals surface area contributed by atoms with Crippen molar-refractivity contribution in [3.05, 3.63) is 51.7 Å². The standard InChI is InChI=1S/C22H26FNO3S/c1-5-27-21(26)18-16-11-8-14(22(2,3)4)12-17(16)28-20(18)24-19(25)13-6-9-15(23)10-7-13/h6-7,9-10,14H,5,8,11-12H2,1-4H3,(H,24,25). The average molecular weight is 404 g/mol. The Morgan fingerprint density at radius 3 is 2.54 bits per heavy atom. The topological polar surface area (TPSA) is 55.4 Å². The van der Waals surface area contributed by atoms with E-state index in [0.717, 1.165) is 29.7 Å². The van der Waals surface area contributed by atoms with Crippen LogP contribution in [-0.4, -0.2) is 18.5 Å². The van der Waals surface area contributed by atoms with E-state index in [4.69, 9.17) is 4.74 Å². The number of hydrogen-bond donors (Lipinski definition) is 1. The Hall–Kier alpha value is -2.21. The lowest BCUT2D eigenvalue weighted by atomic mass is 9.72. The number of halogens is 1. The van der Waals surface area contributed by atoms with Gasteiger partial charge in [-0.25, -0.2) is 9.18 Å². The van der Waals surface area contributed by atoms with Crippen LogP contribution in [0, 0.1) is 17.2 Å². The lowest BCUT2D eigenvalue weighted by Gasteiger charge is -2.33. The van der Waals surface area contributed by atoms with Crippen LogP contribution in [0.15, 0.2) is 24.3 Å². The molecule has 0 bridgehead atoms. The van der Waals surface area contributed by atoms with Crippen molar-refractivity contribution in [3.8, 4) is 0 Å². The maximum Gasteiger partial charge on any atom is 0.341 e. The molecular weight excluding hydrogens is 377 g/mol. The number of carbonyl (C=O) groups is 2. The van der Waals surface area contributed by atoms with Crippen LogP contribution in [-0.2, 0) is 17.6 Å². The monoisotopic (exact) mass is 403 g/mol. The van der Waals surface area contributed by atoms with Crippen molar-refractivity contribution >= 4 is 28.2 Å². The van der Waals surface area contributed by atoms with E-state index in [1.54, 1.807) is 6.92 Å². The molecule has 0 aliphatic heterocycles. The number of nitrogens with one attached hydrogen (secondary N) is 1. The number of hydrogen-bond acceptors (Lipinski definition) is 4. The van der Waals surface area contributed by atoms with Gasteiger partial charge in [0.05, 0.1) is 12.2 Å². The quantitative estimate of drug-likeness (QED) is 0.689. The summed E-state index contributed by atoms with van der Waals surface area (Å²) >= 11 is 1.46. The number of anilines is 1. The van der Waals surface area contributed by atoms with E-state index in [2.05, 4.69) is 26.1 Å². The van der Waals surface area contributed by atoms with E-state index in [1.165, 1.54) is 35.6 Å². The molecule has 4 nitrogen and oxygen atoms in total. The van der Waals surface area contributed by atoms with Gasteiger partial charge in [-0.2, -0.15) is 0 Å². The third-order valence-electron chi connectivity index (χ3n) is 5.30. The molecule has 150 valence electrons. The number of rotatable bonds is 4. The van der Waals surface area contributed by atoms with Gasteiger partial charge in [-0.15, -0.1) is 11.3 Å². The van der Waals surface area contributed by atoms with Gasteiger partial charge in [-0.1, -0.05) is 20.8 Å². The van der Waals surface area contributed by atoms with E-state index in [9.17, 15) is 14.0 Å². The summed E-state index contributed by atoms with van der Waals surface area (Å²) in [6, 6.07) is 5.35. The van der Waals surface area contributed by atoms with E-state index < -0.39 is 11.8 Å². The number of fused-ring (bicyclic) bond motifs is 1. The van der Waals surface area contributed by atoms with Gasteiger partial charge in [0.1, 0.15) is 10.8 Å². The molecular formula is C22H26FNO3S. The third kappa shape index (κ3) is 4.27. The van der Waals surface area contributed by atoms with Crippen molar-refractivity contribution in [1.29, 1.82) is 0 Å². The lowest BCUT2D eigenvalue weighted by molar-refractivity contribution is 0.0526. The molecule has 2 aromatic rings. The highest BCUT2D eigenvalue weighted by Gasteiger charge is 2.34. The number of esters is 1. The Balaban J connectivity index is 1.93. The number of amides is 1. The van der Waals surface area contributed by atoms with E-state index >= 15 is 0 Å². The summed E-state index contributed by atoms with van der Waals surface area (Å²) in [6.07, 6.45) is 2.70. The zero-order chi connectivity index (χ0) is 20.5. The maximum absolute atomic E-state index is 13.1. The fourth-order valence-electron chi connectivity index (χ4n) is 3.61. The molecule has 0 fully saturated rings. The Kier molecular flexibility index (Phi) is 5.89. The molecule has 28 heavy (non-hydrogen) atoms. The number of carbonyl (C=O) groups excluding carboxylic acids is 2. The zero-order valence-corrected chi connectivity index (χ0v) is 17.5. The Morgan fingerprint density at radius 1 is 1.25 bits per heavy atom. The van der Waals surface area contributed by atoms with Gasteiger partial charge in [-0.05, 0) is 67.3 Å². The van der Waals surface area contributed by atoms with Gasteiger partial charge < -0.3 is 10.1 Å². The predicted octanol–water partition coefficient (Wildman–Crippen LogP) is 5.47. The minimum Gasteiger partial charge on any atom is -0.462 e. The van der Waals surface area contributed by atoms with Crippen LogP contribution in [0.1, 0.15) is 65.3 Å². The van der Waals surface area contributed by atoms with Crippen LogP contribution < -0.4 is 5.32 Å². The number of thiophene rings is 1. The summed E-state index contributed by atoms with van der Waals surface area (Å²) in [4.78, 5) is 26.4. The van der Waals surface area contributed by atoms with Crippen molar-refractivity contribution in [2.24, 2.45) is 11.3 Å². The Bertz CT molecular complexity index is 880. The molecule has 6 heteroatoms. The second-order valence-electron chi connectivity index (χ2n) is 8.20. The van der Waals surface area contributed by atoms with E-state index in [1.807, 2.05) is 0 Å². The second kappa shape index (κ2) is 8.03. The van der Waals surface area contributed by atoms with Crippen LogP contribution in [0.2, 0.25) is 0 Å². The fourth-order valence-corrected chi connectivity index (χ4v) is 4.92. The summed E-state index contributed by atoms with van der Waals surface area (Å²) in [5.41, 5.74) is 2.00. The van der Waals surface area contributed by atoms with Crippen LogP contribution in [0.5, 0.6) is 0 Å². The third-order valence-corrected chi connectivity index (χ3v) is 6.47. The van der Waals surface area contributed by atoms with Gasteiger partial charge >= 0.3 is 5.97 Å². The summed E-state index contributed by atoms with van der Waals surface area (Å²) in [6.45, 7) is 8.75. The van der Waals surface area contributed by atoms with Crippen LogP contribution in [0.3, 0.4) is 0 Å². The normalized spacial score (nSPS) is 16.4. The summed E-state index contributed by atoms with van der Waals surface area (Å²) < 4.78 is 18.4. The van der Waals surface area contributed by atoms with Crippen molar-refractivity contribution in [1.82, 2.24) is 0 Å². The molecule has 0 radical (unpaired) electrons. The smallest absolute Gasteiger partial charge is 0.341 e. The summed E-state index contributed by atoms with van der Waals surface area (Å²) in [7, 11) is 0. The van der Waals surface area contributed by atoms with Crippen LogP contribution in [0.4, 0.5) is 9.39 Å². The second-order valence-corrected chi connectivity index (χ2v) is 9.30. The van der Waals surface area contributed by atoms with E-state index in [0.29, 0.717) is 22.0 Å². The average Bonchev–Trinajstić information content (AvgIpc) is 2.98. The van der Waals surface area contributed by atoms with Crippen LogP contribution in [0.25, 0.3) is 0 Å². The molecule has 0 spiro atoms. The maximum atomic E-state index is 13.1. The molecule has 0 saturated heterocycles. The van der Waals surface area contributed by atoms with Gasteiger partial charge in [-0.3, -0.25) is 4.79 Å². The number of benzene rings is 1. The first-order chi connectivity index (χ1) is 13.2. The lowest BCUT2D eigenvalue weighted by Crippen LogP contribution is -2.26. The molecule has 1 aliphatic carbocycles. The van der Waals surface area contributed by atoms with Crippen molar-refractivity contribution in [2.45, 2.75) is 47.0 Å². The molecule has 1 unspecified atom stereocenters. The molecule has 1 aromatic carbocycles.